The van der Waals surface area contributed by atoms with E-state index in [2.05, 4.69) is 10.3 Å². The number of aromatic nitrogens is 1. The molecule has 0 aliphatic heterocycles. The van der Waals surface area contributed by atoms with Crippen LogP contribution in [0.5, 0.6) is 0 Å². The number of fused-ring (bicyclic) bond motifs is 1. The molecule has 0 saturated carbocycles. The Morgan fingerprint density at radius 3 is 2.76 bits per heavy atom. The molecular weight excluding hydrogens is 264 g/mol. The Labute approximate surface area is 122 Å². The summed E-state index contributed by atoms with van der Waals surface area (Å²) in [6.45, 7) is 0.252. The van der Waals surface area contributed by atoms with Crippen molar-refractivity contribution >= 4 is 22.7 Å². The molecule has 0 fully saturated rings. The van der Waals surface area contributed by atoms with Crippen molar-refractivity contribution in [3.63, 3.8) is 0 Å². The van der Waals surface area contributed by atoms with Gasteiger partial charge in [-0.1, -0.05) is 36.4 Å². The van der Waals surface area contributed by atoms with E-state index < -0.39 is 6.09 Å². The van der Waals surface area contributed by atoms with Gasteiger partial charge in [-0.3, -0.25) is 10.3 Å². The minimum absolute atomic E-state index is 0.252. The number of hydrogen-bond donors (Lipinski definition) is 1. The summed E-state index contributed by atoms with van der Waals surface area (Å²) in [5, 5.41) is 3.69. The fraction of sp³-hybridized carbons (Fsp3) is 0.0588. The quantitative estimate of drug-likeness (QED) is 0.788. The van der Waals surface area contributed by atoms with E-state index in [1.165, 1.54) is 0 Å². The second-order valence-electron chi connectivity index (χ2n) is 4.60. The number of carbonyl (C=O) groups excluding carboxylic acids is 1. The summed E-state index contributed by atoms with van der Waals surface area (Å²) in [6.07, 6.45) is 1.27. The van der Waals surface area contributed by atoms with Crippen LogP contribution in [0, 0.1) is 0 Å². The van der Waals surface area contributed by atoms with E-state index in [4.69, 9.17) is 4.74 Å². The molecule has 2 aromatic carbocycles. The number of amides is 1. The van der Waals surface area contributed by atoms with Gasteiger partial charge in [0.2, 0.25) is 0 Å². The van der Waals surface area contributed by atoms with Crippen molar-refractivity contribution in [2.45, 2.75) is 6.61 Å². The topological polar surface area (TPSA) is 51.2 Å². The number of pyridine rings is 1. The lowest BCUT2D eigenvalue weighted by molar-refractivity contribution is 0.155. The van der Waals surface area contributed by atoms with Crippen molar-refractivity contribution in [3.05, 3.63) is 72.4 Å². The lowest BCUT2D eigenvalue weighted by Gasteiger charge is -2.07. The van der Waals surface area contributed by atoms with Gasteiger partial charge in [-0.05, 0) is 29.8 Å². The van der Waals surface area contributed by atoms with Gasteiger partial charge in [0, 0.05) is 17.3 Å². The fourth-order valence-corrected chi connectivity index (χ4v) is 2.03. The third kappa shape index (κ3) is 3.36. The maximum atomic E-state index is 11.8. The first-order valence-electron chi connectivity index (χ1n) is 6.64. The van der Waals surface area contributed by atoms with Crippen molar-refractivity contribution in [2.24, 2.45) is 0 Å². The third-order valence-electron chi connectivity index (χ3n) is 3.06. The number of hydrogen-bond acceptors (Lipinski definition) is 3. The number of rotatable bonds is 3. The molecule has 0 bridgehead atoms. The fourth-order valence-electron chi connectivity index (χ4n) is 2.03. The summed E-state index contributed by atoms with van der Waals surface area (Å²) in [7, 11) is 0. The van der Waals surface area contributed by atoms with Crippen LogP contribution in [-0.4, -0.2) is 11.1 Å². The van der Waals surface area contributed by atoms with Crippen LogP contribution in [0.25, 0.3) is 10.9 Å². The molecule has 0 aliphatic carbocycles. The Bertz CT molecular complexity index is 757. The molecule has 1 N–H and O–H groups in total. The predicted octanol–water partition coefficient (Wildman–Crippen LogP) is 3.98. The van der Waals surface area contributed by atoms with Crippen LogP contribution in [-0.2, 0) is 11.3 Å². The van der Waals surface area contributed by atoms with Gasteiger partial charge in [0.15, 0.2) is 0 Å². The van der Waals surface area contributed by atoms with Gasteiger partial charge in [0.25, 0.3) is 0 Å². The summed E-state index contributed by atoms with van der Waals surface area (Å²) in [4.78, 5) is 16.0. The Morgan fingerprint density at radius 2 is 1.90 bits per heavy atom. The highest BCUT2D eigenvalue weighted by Gasteiger charge is 2.04. The van der Waals surface area contributed by atoms with Gasteiger partial charge in [-0.25, -0.2) is 4.79 Å². The van der Waals surface area contributed by atoms with E-state index in [1.54, 1.807) is 12.3 Å². The molecule has 4 nitrogen and oxygen atoms in total. The third-order valence-corrected chi connectivity index (χ3v) is 3.06. The van der Waals surface area contributed by atoms with Crippen molar-refractivity contribution in [2.75, 3.05) is 5.32 Å². The van der Waals surface area contributed by atoms with Gasteiger partial charge < -0.3 is 4.74 Å². The smallest absolute Gasteiger partial charge is 0.411 e. The van der Waals surface area contributed by atoms with E-state index in [9.17, 15) is 4.79 Å². The van der Waals surface area contributed by atoms with Gasteiger partial charge in [-0.2, -0.15) is 0 Å². The normalized spacial score (nSPS) is 10.3. The molecule has 104 valence electrons. The Morgan fingerprint density at radius 1 is 1.05 bits per heavy atom. The lowest BCUT2D eigenvalue weighted by atomic mass is 10.2. The molecular formula is C17H14N2O2. The Hall–Kier alpha value is -2.88. The highest BCUT2D eigenvalue weighted by Crippen LogP contribution is 2.17. The molecule has 21 heavy (non-hydrogen) atoms. The Balaban J connectivity index is 1.63. The first-order chi connectivity index (χ1) is 10.3. The predicted molar refractivity (Wildman–Crippen MR) is 82.0 cm³/mol. The zero-order chi connectivity index (χ0) is 14.5. The summed E-state index contributed by atoms with van der Waals surface area (Å²) >= 11 is 0. The zero-order valence-electron chi connectivity index (χ0n) is 11.3. The van der Waals surface area contributed by atoms with Gasteiger partial charge in [0.1, 0.15) is 6.61 Å². The first kappa shape index (κ1) is 13.1. The number of carbonyl (C=O) groups is 1. The minimum Gasteiger partial charge on any atom is -0.444 e. The van der Waals surface area contributed by atoms with Crippen molar-refractivity contribution in [1.29, 1.82) is 0 Å². The summed E-state index contributed by atoms with van der Waals surface area (Å²) in [6, 6.07) is 18.9. The van der Waals surface area contributed by atoms with E-state index in [1.807, 2.05) is 54.6 Å². The standard InChI is InChI=1S/C17H14N2O2/c20-17(21-12-13-5-2-1-3-6-13)19-15-8-9-16-14(11-15)7-4-10-18-16/h1-11H,12H2,(H,19,20). The van der Waals surface area contributed by atoms with Gasteiger partial charge in [-0.15, -0.1) is 0 Å². The minimum atomic E-state index is -0.470. The average molecular weight is 278 g/mol. The molecule has 1 amide bonds. The molecule has 3 aromatic rings. The monoisotopic (exact) mass is 278 g/mol. The molecule has 4 heteroatoms. The van der Waals surface area contributed by atoms with Crippen LogP contribution in [0.3, 0.4) is 0 Å². The number of anilines is 1. The summed E-state index contributed by atoms with van der Waals surface area (Å²) in [5.41, 5.74) is 2.53. The highest BCUT2D eigenvalue weighted by molar-refractivity contribution is 5.89. The van der Waals surface area contributed by atoms with Crippen molar-refractivity contribution < 1.29 is 9.53 Å². The van der Waals surface area contributed by atoms with Crippen molar-refractivity contribution in [1.82, 2.24) is 4.98 Å². The molecule has 0 saturated heterocycles. The molecule has 0 unspecified atom stereocenters. The van der Waals surface area contributed by atoms with Gasteiger partial charge in [0.05, 0.1) is 5.52 Å². The second-order valence-corrected chi connectivity index (χ2v) is 4.60. The van der Waals surface area contributed by atoms with Crippen LogP contribution in [0.4, 0.5) is 10.5 Å². The number of ether oxygens (including phenoxy) is 1. The van der Waals surface area contributed by atoms with Crippen LogP contribution < -0.4 is 5.32 Å². The van der Waals surface area contributed by atoms with Crippen LogP contribution >= 0.6 is 0 Å². The largest absolute Gasteiger partial charge is 0.444 e. The summed E-state index contributed by atoms with van der Waals surface area (Å²) in [5.74, 6) is 0. The number of nitrogens with one attached hydrogen (secondary N) is 1. The van der Waals surface area contributed by atoms with Crippen LogP contribution in [0.15, 0.2) is 66.9 Å². The Kier molecular flexibility index (Phi) is 3.78. The molecule has 0 radical (unpaired) electrons. The van der Waals surface area contributed by atoms with E-state index in [-0.39, 0.29) is 6.61 Å². The molecule has 1 heterocycles. The highest BCUT2D eigenvalue weighted by atomic mass is 16.5. The SMILES string of the molecule is O=C(Nc1ccc2ncccc2c1)OCc1ccccc1. The van der Waals surface area contributed by atoms with Gasteiger partial charge >= 0.3 is 6.09 Å². The lowest BCUT2D eigenvalue weighted by Crippen LogP contribution is -2.13. The molecule has 0 atom stereocenters. The van der Waals surface area contributed by atoms with Crippen molar-refractivity contribution in [3.8, 4) is 0 Å². The molecule has 1 aromatic heterocycles. The van der Waals surface area contributed by atoms with Crippen LogP contribution in [0.2, 0.25) is 0 Å². The summed E-state index contributed by atoms with van der Waals surface area (Å²) < 4.78 is 5.18. The van der Waals surface area contributed by atoms with Crippen LogP contribution in [0.1, 0.15) is 5.56 Å². The van der Waals surface area contributed by atoms with E-state index >= 15 is 0 Å². The second kappa shape index (κ2) is 6.05. The maximum absolute atomic E-state index is 11.8. The first-order valence-corrected chi connectivity index (χ1v) is 6.64. The molecule has 0 spiro atoms. The number of benzene rings is 2. The average Bonchev–Trinajstić information content (AvgIpc) is 2.54. The van der Waals surface area contributed by atoms with E-state index in [0.29, 0.717) is 5.69 Å². The van der Waals surface area contributed by atoms with E-state index in [0.717, 1.165) is 16.5 Å². The molecule has 3 rings (SSSR count). The zero-order valence-corrected chi connectivity index (χ0v) is 11.3. The maximum Gasteiger partial charge on any atom is 0.411 e. The number of nitrogens with zero attached hydrogens (tertiary/aromatic N) is 1. The molecule has 0 aliphatic rings.